The molecule has 6 heteroatoms. The van der Waals surface area contributed by atoms with Gasteiger partial charge in [-0.2, -0.15) is 0 Å². The molecule has 0 aliphatic rings. The molecule has 1 heterocycles. The predicted molar refractivity (Wildman–Crippen MR) is 108 cm³/mol. The molecule has 0 aliphatic carbocycles. The van der Waals surface area contributed by atoms with Gasteiger partial charge in [-0.3, -0.25) is 4.79 Å². The summed E-state index contributed by atoms with van der Waals surface area (Å²) in [7, 11) is 1.33. The van der Waals surface area contributed by atoms with Gasteiger partial charge in [0, 0.05) is 18.3 Å². The highest BCUT2D eigenvalue weighted by atomic mass is 16.5. The number of nitrogens with zero attached hydrogens (tertiary/aromatic N) is 1. The Labute approximate surface area is 163 Å². The van der Waals surface area contributed by atoms with Crippen molar-refractivity contribution in [2.45, 2.75) is 13.5 Å². The lowest BCUT2D eigenvalue weighted by Gasteiger charge is -2.11. The van der Waals surface area contributed by atoms with E-state index < -0.39 is 5.97 Å². The summed E-state index contributed by atoms with van der Waals surface area (Å²) < 4.78 is 4.80. The number of methoxy groups -OCH3 is 1. The maximum Gasteiger partial charge on any atom is 0.339 e. The first kappa shape index (κ1) is 19.1. The molecule has 0 aliphatic heterocycles. The molecule has 0 atom stereocenters. The van der Waals surface area contributed by atoms with Crippen LogP contribution in [0, 0.1) is 6.92 Å². The van der Waals surface area contributed by atoms with Crippen molar-refractivity contribution in [2.75, 3.05) is 12.4 Å². The second kappa shape index (κ2) is 8.81. The van der Waals surface area contributed by atoms with Gasteiger partial charge in [0.25, 0.3) is 5.91 Å². The fourth-order valence-corrected chi connectivity index (χ4v) is 2.76. The SMILES string of the molecule is COC(=O)c1ccccc1Nc1cc(C(=O)NCc2cccc(C)c2)ccn1. The Morgan fingerprint density at radius 3 is 2.64 bits per heavy atom. The number of hydrogen-bond acceptors (Lipinski definition) is 5. The van der Waals surface area contributed by atoms with Gasteiger partial charge >= 0.3 is 5.97 Å². The normalized spacial score (nSPS) is 10.2. The first-order valence-corrected chi connectivity index (χ1v) is 8.81. The van der Waals surface area contributed by atoms with E-state index in [-0.39, 0.29) is 5.91 Å². The average molecular weight is 375 g/mol. The minimum Gasteiger partial charge on any atom is -0.465 e. The Morgan fingerprint density at radius 2 is 1.86 bits per heavy atom. The van der Waals surface area contributed by atoms with Gasteiger partial charge in [0.1, 0.15) is 5.82 Å². The average Bonchev–Trinajstić information content (AvgIpc) is 2.72. The first-order chi connectivity index (χ1) is 13.6. The van der Waals surface area contributed by atoms with Crippen LogP contribution in [-0.2, 0) is 11.3 Å². The van der Waals surface area contributed by atoms with Crippen LogP contribution < -0.4 is 10.6 Å². The Hall–Kier alpha value is -3.67. The Kier molecular flexibility index (Phi) is 6.01. The van der Waals surface area contributed by atoms with Crippen molar-refractivity contribution in [3.63, 3.8) is 0 Å². The standard InChI is InChI=1S/C22H21N3O3/c1-15-6-5-7-16(12-15)14-24-21(26)17-10-11-23-20(13-17)25-19-9-4-3-8-18(19)22(27)28-2/h3-13H,14H2,1-2H3,(H,23,25)(H,24,26). The number of benzene rings is 2. The van der Waals surface area contributed by atoms with Crippen molar-refractivity contribution in [1.82, 2.24) is 10.3 Å². The number of ether oxygens (including phenoxy) is 1. The summed E-state index contributed by atoms with van der Waals surface area (Å²) in [6.07, 6.45) is 1.55. The second-order valence-electron chi connectivity index (χ2n) is 6.26. The summed E-state index contributed by atoms with van der Waals surface area (Å²) in [5, 5.41) is 5.98. The highest BCUT2D eigenvalue weighted by Gasteiger charge is 2.12. The molecule has 2 aromatic carbocycles. The highest BCUT2D eigenvalue weighted by Crippen LogP contribution is 2.21. The molecule has 0 spiro atoms. The maximum absolute atomic E-state index is 12.5. The summed E-state index contributed by atoms with van der Waals surface area (Å²) in [6, 6.07) is 18.2. The van der Waals surface area contributed by atoms with E-state index in [1.807, 2.05) is 31.2 Å². The van der Waals surface area contributed by atoms with Crippen LogP contribution in [0.2, 0.25) is 0 Å². The zero-order valence-electron chi connectivity index (χ0n) is 15.7. The number of pyridine rings is 1. The molecule has 142 valence electrons. The third-order valence-electron chi connectivity index (χ3n) is 4.15. The quantitative estimate of drug-likeness (QED) is 0.640. The van der Waals surface area contributed by atoms with Gasteiger partial charge in [-0.05, 0) is 36.8 Å². The molecule has 0 saturated carbocycles. The van der Waals surface area contributed by atoms with Crippen LogP contribution in [0.25, 0.3) is 0 Å². The van der Waals surface area contributed by atoms with Crippen molar-refractivity contribution in [3.8, 4) is 0 Å². The van der Waals surface area contributed by atoms with Gasteiger partial charge in [0.2, 0.25) is 0 Å². The number of para-hydroxylation sites is 1. The first-order valence-electron chi connectivity index (χ1n) is 8.81. The number of esters is 1. The highest BCUT2D eigenvalue weighted by molar-refractivity contribution is 5.97. The van der Waals surface area contributed by atoms with Gasteiger partial charge in [-0.15, -0.1) is 0 Å². The van der Waals surface area contributed by atoms with E-state index in [0.717, 1.165) is 11.1 Å². The number of anilines is 2. The third kappa shape index (κ3) is 4.73. The van der Waals surface area contributed by atoms with E-state index in [9.17, 15) is 9.59 Å². The fourth-order valence-electron chi connectivity index (χ4n) is 2.76. The number of carbonyl (C=O) groups excluding carboxylic acids is 2. The van der Waals surface area contributed by atoms with Crippen LogP contribution in [0.1, 0.15) is 31.8 Å². The summed E-state index contributed by atoms with van der Waals surface area (Å²) in [5.41, 5.74) is 3.60. The van der Waals surface area contributed by atoms with Gasteiger partial charge in [-0.25, -0.2) is 9.78 Å². The molecule has 1 aromatic heterocycles. The van der Waals surface area contributed by atoms with E-state index in [0.29, 0.717) is 29.2 Å². The monoisotopic (exact) mass is 375 g/mol. The molecule has 0 fully saturated rings. The van der Waals surface area contributed by atoms with E-state index in [1.165, 1.54) is 7.11 Å². The minimum atomic E-state index is -0.449. The molecule has 0 bridgehead atoms. The lowest BCUT2D eigenvalue weighted by molar-refractivity contribution is 0.0601. The molecular weight excluding hydrogens is 354 g/mol. The fraction of sp³-hybridized carbons (Fsp3) is 0.136. The van der Waals surface area contributed by atoms with E-state index in [2.05, 4.69) is 15.6 Å². The molecule has 3 aromatic rings. The maximum atomic E-state index is 12.5. The van der Waals surface area contributed by atoms with Crippen molar-refractivity contribution < 1.29 is 14.3 Å². The lowest BCUT2D eigenvalue weighted by atomic mass is 10.1. The molecule has 6 nitrogen and oxygen atoms in total. The molecule has 28 heavy (non-hydrogen) atoms. The molecule has 2 N–H and O–H groups in total. The zero-order chi connectivity index (χ0) is 19.9. The molecular formula is C22H21N3O3. The van der Waals surface area contributed by atoms with E-state index in [4.69, 9.17) is 4.74 Å². The van der Waals surface area contributed by atoms with E-state index >= 15 is 0 Å². The summed E-state index contributed by atoms with van der Waals surface area (Å²) in [5.74, 6) is -0.192. The zero-order valence-corrected chi connectivity index (χ0v) is 15.7. The van der Waals surface area contributed by atoms with Crippen LogP contribution in [0.4, 0.5) is 11.5 Å². The number of rotatable bonds is 6. The van der Waals surface area contributed by atoms with Crippen molar-refractivity contribution in [2.24, 2.45) is 0 Å². The van der Waals surface area contributed by atoms with Crippen molar-refractivity contribution >= 4 is 23.4 Å². The number of aryl methyl sites for hydroxylation is 1. The summed E-state index contributed by atoms with van der Waals surface area (Å²) in [6.45, 7) is 2.45. The van der Waals surface area contributed by atoms with Crippen LogP contribution in [0.15, 0.2) is 66.9 Å². The van der Waals surface area contributed by atoms with Crippen LogP contribution >= 0.6 is 0 Å². The largest absolute Gasteiger partial charge is 0.465 e. The van der Waals surface area contributed by atoms with Crippen molar-refractivity contribution in [1.29, 1.82) is 0 Å². The Morgan fingerprint density at radius 1 is 1.04 bits per heavy atom. The van der Waals surface area contributed by atoms with Gasteiger partial charge < -0.3 is 15.4 Å². The van der Waals surface area contributed by atoms with Crippen LogP contribution in [0.3, 0.4) is 0 Å². The van der Waals surface area contributed by atoms with Crippen LogP contribution in [0.5, 0.6) is 0 Å². The number of nitrogens with one attached hydrogen (secondary N) is 2. The number of amides is 1. The second-order valence-corrected chi connectivity index (χ2v) is 6.26. The van der Waals surface area contributed by atoms with Gasteiger partial charge in [0.15, 0.2) is 0 Å². The topological polar surface area (TPSA) is 80.3 Å². The summed E-state index contributed by atoms with van der Waals surface area (Å²) in [4.78, 5) is 28.6. The lowest BCUT2D eigenvalue weighted by Crippen LogP contribution is -2.23. The predicted octanol–water partition coefficient (Wildman–Crippen LogP) is 3.85. The van der Waals surface area contributed by atoms with Crippen LogP contribution in [-0.4, -0.2) is 24.0 Å². The molecule has 3 rings (SSSR count). The van der Waals surface area contributed by atoms with E-state index in [1.54, 1.807) is 42.6 Å². The molecule has 1 amide bonds. The van der Waals surface area contributed by atoms with Gasteiger partial charge in [-0.1, -0.05) is 42.0 Å². The minimum absolute atomic E-state index is 0.201. The molecule has 0 radical (unpaired) electrons. The Balaban J connectivity index is 1.72. The summed E-state index contributed by atoms with van der Waals surface area (Å²) >= 11 is 0. The Bertz CT molecular complexity index is 1000. The molecule has 0 unspecified atom stereocenters. The molecule has 0 saturated heterocycles. The van der Waals surface area contributed by atoms with Crippen molar-refractivity contribution in [3.05, 3.63) is 89.1 Å². The smallest absolute Gasteiger partial charge is 0.339 e. The van der Waals surface area contributed by atoms with Gasteiger partial charge in [0.05, 0.1) is 18.4 Å². The number of hydrogen-bond donors (Lipinski definition) is 2. The number of carbonyl (C=O) groups is 2. The number of aromatic nitrogens is 1. The third-order valence-corrected chi connectivity index (χ3v) is 4.15.